The largest absolute Gasteiger partial charge is 0.488 e. The number of nitrogens with zero attached hydrogens (tertiary/aromatic N) is 1. The number of carbonyl (C=O) groups is 1. The molecule has 0 aliphatic carbocycles. The zero-order chi connectivity index (χ0) is 25.9. The van der Waals surface area contributed by atoms with E-state index in [1.165, 1.54) is 6.07 Å². The van der Waals surface area contributed by atoms with Gasteiger partial charge >= 0.3 is 0 Å². The van der Waals surface area contributed by atoms with Crippen LogP contribution in [-0.2, 0) is 17.8 Å². The van der Waals surface area contributed by atoms with Crippen LogP contribution in [-0.4, -0.2) is 35.1 Å². The van der Waals surface area contributed by atoms with Crippen LogP contribution in [0.4, 0.5) is 8.78 Å². The van der Waals surface area contributed by atoms with Crippen LogP contribution in [0.3, 0.4) is 0 Å². The molecule has 1 atom stereocenters. The third kappa shape index (κ3) is 5.52. The fraction of sp³-hybridized carbons (Fsp3) is 0.300. The molecule has 1 saturated heterocycles. The number of H-pyrrole nitrogens is 1. The van der Waals surface area contributed by atoms with E-state index in [2.05, 4.69) is 4.98 Å². The van der Waals surface area contributed by atoms with E-state index in [1.807, 2.05) is 62.4 Å². The van der Waals surface area contributed by atoms with E-state index in [0.717, 1.165) is 46.5 Å². The second-order valence-electron chi connectivity index (χ2n) is 9.77. The fourth-order valence-electron chi connectivity index (χ4n) is 4.75. The van der Waals surface area contributed by atoms with Gasteiger partial charge in [-0.25, -0.2) is 8.78 Å². The van der Waals surface area contributed by atoms with Gasteiger partial charge in [0.15, 0.2) is 11.6 Å². The van der Waals surface area contributed by atoms with Crippen molar-refractivity contribution in [3.63, 3.8) is 0 Å². The van der Waals surface area contributed by atoms with Gasteiger partial charge in [0.25, 0.3) is 5.91 Å². The second-order valence-corrected chi connectivity index (χ2v) is 9.77. The van der Waals surface area contributed by atoms with Gasteiger partial charge in [0.2, 0.25) is 0 Å². The van der Waals surface area contributed by atoms with Crippen LogP contribution >= 0.6 is 0 Å². The van der Waals surface area contributed by atoms with Gasteiger partial charge in [0.1, 0.15) is 11.9 Å². The molecule has 1 fully saturated rings. The number of benzene rings is 3. The Hall–Kier alpha value is -3.71. The molecule has 5 rings (SSSR count). The predicted molar refractivity (Wildman–Crippen MR) is 139 cm³/mol. The minimum atomic E-state index is -0.931. The summed E-state index contributed by atoms with van der Waals surface area (Å²) < 4.78 is 39.0. The lowest BCUT2D eigenvalue weighted by Crippen LogP contribution is -2.31. The predicted octanol–water partition coefficient (Wildman–Crippen LogP) is 6.58. The number of ether oxygens (including phenoxy) is 2. The summed E-state index contributed by atoms with van der Waals surface area (Å²) in [4.78, 5) is 19.3. The van der Waals surface area contributed by atoms with Crippen LogP contribution in [0.1, 0.15) is 53.4 Å². The molecule has 1 amide bonds. The Labute approximate surface area is 215 Å². The highest BCUT2D eigenvalue weighted by Crippen LogP contribution is 2.32. The summed E-state index contributed by atoms with van der Waals surface area (Å²) >= 11 is 0. The molecule has 0 saturated carbocycles. The number of amides is 1. The Morgan fingerprint density at radius 2 is 1.81 bits per heavy atom. The minimum absolute atomic E-state index is 0.0237. The standard InChI is InChI=1S/C30H30F2N2O3/c1-19(2)29-28(24-10-9-22(15-27(24)33-29)37-23-12-13-36-18-23)30(35)34(16-20-6-4-3-5-7-20)17-21-8-11-25(31)26(32)14-21/h3-11,14-15,19,23,33H,12-13,16-18H2,1-2H3. The summed E-state index contributed by atoms with van der Waals surface area (Å²) in [6, 6.07) is 19.1. The van der Waals surface area contributed by atoms with Gasteiger partial charge in [0.05, 0.1) is 24.3 Å². The van der Waals surface area contributed by atoms with Crippen molar-refractivity contribution in [2.24, 2.45) is 0 Å². The Bertz CT molecular complexity index is 1390. The van der Waals surface area contributed by atoms with Crippen LogP contribution in [0.5, 0.6) is 5.75 Å². The number of hydrogen-bond donors (Lipinski definition) is 1. The molecule has 1 N–H and O–H groups in total. The number of carbonyl (C=O) groups excluding carboxylic acids is 1. The molecule has 1 aromatic heterocycles. The maximum atomic E-state index is 14.2. The molecule has 7 heteroatoms. The number of rotatable bonds is 8. The van der Waals surface area contributed by atoms with E-state index in [0.29, 0.717) is 30.9 Å². The second kappa shape index (κ2) is 10.7. The zero-order valence-corrected chi connectivity index (χ0v) is 21.0. The molecule has 2 heterocycles. The van der Waals surface area contributed by atoms with Gasteiger partial charge in [0, 0.05) is 36.7 Å². The molecular formula is C30H30F2N2O3. The SMILES string of the molecule is CC(C)c1[nH]c2cc(OC3CCOC3)ccc2c1C(=O)N(Cc1ccccc1)Cc1ccc(F)c(F)c1. The first-order valence-electron chi connectivity index (χ1n) is 12.6. The monoisotopic (exact) mass is 504 g/mol. The fourth-order valence-corrected chi connectivity index (χ4v) is 4.75. The summed E-state index contributed by atoms with van der Waals surface area (Å²) in [5.74, 6) is -1.24. The topological polar surface area (TPSA) is 54.6 Å². The van der Waals surface area contributed by atoms with Gasteiger partial charge in [-0.1, -0.05) is 50.2 Å². The van der Waals surface area contributed by atoms with Crippen LogP contribution in [0.15, 0.2) is 66.7 Å². The first-order valence-corrected chi connectivity index (χ1v) is 12.6. The van der Waals surface area contributed by atoms with Gasteiger partial charge in [-0.2, -0.15) is 0 Å². The molecule has 5 nitrogen and oxygen atoms in total. The molecular weight excluding hydrogens is 474 g/mol. The molecule has 37 heavy (non-hydrogen) atoms. The van der Waals surface area contributed by atoms with Gasteiger partial charge in [-0.15, -0.1) is 0 Å². The van der Waals surface area contributed by atoms with Crippen molar-refractivity contribution in [1.29, 1.82) is 0 Å². The van der Waals surface area contributed by atoms with Crippen molar-refractivity contribution in [2.45, 2.75) is 45.4 Å². The maximum absolute atomic E-state index is 14.2. The van der Waals surface area contributed by atoms with E-state index in [9.17, 15) is 13.6 Å². The van der Waals surface area contributed by atoms with Crippen molar-refractivity contribution in [3.8, 4) is 5.75 Å². The van der Waals surface area contributed by atoms with Gasteiger partial charge < -0.3 is 19.4 Å². The maximum Gasteiger partial charge on any atom is 0.256 e. The summed E-state index contributed by atoms with van der Waals surface area (Å²) in [6.07, 6.45) is 0.873. The van der Waals surface area contributed by atoms with Crippen LogP contribution in [0, 0.1) is 11.6 Å². The van der Waals surface area contributed by atoms with Gasteiger partial charge in [-0.05, 0) is 41.3 Å². The molecule has 192 valence electrons. The Kier molecular flexibility index (Phi) is 7.24. The molecule has 0 spiro atoms. The number of halogens is 2. The normalized spacial score (nSPS) is 15.4. The quantitative estimate of drug-likeness (QED) is 0.295. The average Bonchev–Trinajstić information content (AvgIpc) is 3.54. The van der Waals surface area contributed by atoms with E-state index >= 15 is 0 Å². The highest BCUT2D eigenvalue weighted by molar-refractivity contribution is 6.08. The molecule has 1 unspecified atom stereocenters. The van der Waals surface area contributed by atoms with Crippen molar-refractivity contribution < 1.29 is 23.0 Å². The number of nitrogens with one attached hydrogen (secondary N) is 1. The van der Waals surface area contributed by atoms with E-state index in [1.54, 1.807) is 4.90 Å². The van der Waals surface area contributed by atoms with Crippen LogP contribution < -0.4 is 4.74 Å². The van der Waals surface area contributed by atoms with E-state index in [4.69, 9.17) is 9.47 Å². The van der Waals surface area contributed by atoms with Gasteiger partial charge in [-0.3, -0.25) is 4.79 Å². The Morgan fingerprint density at radius 3 is 2.51 bits per heavy atom. The lowest BCUT2D eigenvalue weighted by molar-refractivity contribution is 0.0730. The summed E-state index contributed by atoms with van der Waals surface area (Å²) in [6.45, 7) is 5.80. The highest BCUT2D eigenvalue weighted by atomic mass is 19.2. The molecule has 1 aliphatic rings. The summed E-state index contributed by atoms with van der Waals surface area (Å²) in [5.41, 5.74) is 3.68. The summed E-state index contributed by atoms with van der Waals surface area (Å²) in [5, 5.41) is 0.798. The van der Waals surface area contributed by atoms with Crippen molar-refractivity contribution >= 4 is 16.8 Å². The molecule has 0 bridgehead atoms. The van der Waals surface area contributed by atoms with E-state index < -0.39 is 11.6 Å². The number of fused-ring (bicyclic) bond motifs is 1. The third-order valence-corrected chi connectivity index (χ3v) is 6.64. The number of aromatic nitrogens is 1. The first-order chi connectivity index (χ1) is 17.9. The van der Waals surface area contributed by atoms with E-state index in [-0.39, 0.29) is 24.5 Å². The highest BCUT2D eigenvalue weighted by Gasteiger charge is 2.26. The lowest BCUT2D eigenvalue weighted by atomic mass is 10.0. The number of hydrogen-bond acceptors (Lipinski definition) is 3. The third-order valence-electron chi connectivity index (χ3n) is 6.64. The summed E-state index contributed by atoms with van der Waals surface area (Å²) in [7, 11) is 0. The Balaban J connectivity index is 1.52. The molecule has 4 aromatic rings. The molecule has 1 aliphatic heterocycles. The number of aromatic amines is 1. The lowest BCUT2D eigenvalue weighted by Gasteiger charge is -2.24. The van der Waals surface area contributed by atoms with Crippen LogP contribution in [0.2, 0.25) is 0 Å². The van der Waals surface area contributed by atoms with Crippen LogP contribution in [0.25, 0.3) is 10.9 Å². The van der Waals surface area contributed by atoms with Crippen molar-refractivity contribution in [2.75, 3.05) is 13.2 Å². The Morgan fingerprint density at radius 1 is 1.03 bits per heavy atom. The average molecular weight is 505 g/mol. The molecule has 0 radical (unpaired) electrons. The first kappa shape index (κ1) is 25.0. The zero-order valence-electron chi connectivity index (χ0n) is 21.0. The minimum Gasteiger partial charge on any atom is -0.488 e. The van der Waals surface area contributed by atoms with Crippen molar-refractivity contribution in [3.05, 3.63) is 101 Å². The van der Waals surface area contributed by atoms with Crippen molar-refractivity contribution in [1.82, 2.24) is 9.88 Å². The molecule has 3 aromatic carbocycles. The smallest absolute Gasteiger partial charge is 0.256 e.